The van der Waals surface area contributed by atoms with Crippen LogP contribution in [-0.2, 0) is 0 Å². The lowest BCUT2D eigenvalue weighted by Gasteiger charge is -2.02. The summed E-state index contributed by atoms with van der Waals surface area (Å²) < 4.78 is 0. The van der Waals surface area contributed by atoms with E-state index in [0.717, 1.165) is 5.56 Å². The molecule has 6 heteroatoms. The number of nitrogens with zero attached hydrogens (tertiary/aromatic N) is 3. The fourth-order valence-corrected chi connectivity index (χ4v) is 1.67. The zero-order chi connectivity index (χ0) is 12.5. The Kier molecular flexibility index (Phi) is 2.26. The molecule has 0 radical (unpaired) electrons. The van der Waals surface area contributed by atoms with Crippen LogP contribution < -0.4 is 11.3 Å². The number of anilines is 1. The van der Waals surface area contributed by atoms with Crippen molar-refractivity contribution in [3.63, 3.8) is 0 Å². The molecule has 0 aliphatic carbocycles. The van der Waals surface area contributed by atoms with Gasteiger partial charge in [0.15, 0.2) is 5.65 Å². The van der Waals surface area contributed by atoms with Gasteiger partial charge in [-0.3, -0.25) is 4.79 Å². The van der Waals surface area contributed by atoms with Crippen LogP contribution in [0, 0.1) is 0 Å². The molecule has 0 amide bonds. The van der Waals surface area contributed by atoms with E-state index < -0.39 is 0 Å². The molecule has 0 saturated carbocycles. The Bertz CT molecular complexity index is 766. The first-order valence-electron chi connectivity index (χ1n) is 5.32. The molecule has 0 aliphatic heterocycles. The number of nitrogens with two attached hydrogens (primary N) is 1. The van der Waals surface area contributed by atoms with Crippen molar-refractivity contribution in [3.8, 4) is 11.4 Å². The van der Waals surface area contributed by atoms with Crippen LogP contribution in [0.2, 0.25) is 0 Å². The molecule has 2 aromatic heterocycles. The Morgan fingerprint density at radius 1 is 1.11 bits per heavy atom. The number of H-pyrrole nitrogens is 1. The third kappa shape index (κ3) is 1.69. The number of hydrogen-bond acceptors (Lipinski definition) is 5. The Balaban J connectivity index is 2.30. The summed E-state index contributed by atoms with van der Waals surface area (Å²) in [5, 5.41) is 0.323. The minimum Gasteiger partial charge on any atom is -0.368 e. The highest BCUT2D eigenvalue weighted by Crippen LogP contribution is 2.14. The lowest BCUT2D eigenvalue weighted by Crippen LogP contribution is -2.11. The van der Waals surface area contributed by atoms with Gasteiger partial charge in [0.05, 0.1) is 0 Å². The van der Waals surface area contributed by atoms with Crippen LogP contribution in [0.1, 0.15) is 0 Å². The average molecular weight is 239 g/mol. The molecule has 3 N–H and O–H groups in total. The lowest BCUT2D eigenvalue weighted by molar-refractivity contribution is 1.12. The molecule has 88 valence electrons. The number of nitrogen functional groups attached to an aromatic ring is 1. The van der Waals surface area contributed by atoms with Gasteiger partial charge in [0.25, 0.3) is 5.56 Å². The van der Waals surface area contributed by atoms with E-state index in [9.17, 15) is 4.79 Å². The highest BCUT2D eigenvalue weighted by atomic mass is 16.1. The second-order valence-corrected chi connectivity index (χ2v) is 3.75. The van der Waals surface area contributed by atoms with Crippen molar-refractivity contribution in [2.24, 2.45) is 0 Å². The molecule has 6 nitrogen and oxygen atoms in total. The molecule has 3 aromatic rings. The summed E-state index contributed by atoms with van der Waals surface area (Å²) in [6.07, 6.45) is 1.37. The van der Waals surface area contributed by atoms with Crippen molar-refractivity contribution in [3.05, 3.63) is 46.9 Å². The van der Waals surface area contributed by atoms with Crippen LogP contribution in [0.5, 0.6) is 0 Å². The summed E-state index contributed by atoms with van der Waals surface area (Å²) in [5.41, 5.74) is 6.32. The third-order valence-electron chi connectivity index (χ3n) is 2.53. The molecule has 0 aliphatic rings. The fourth-order valence-electron chi connectivity index (χ4n) is 1.67. The first-order valence-corrected chi connectivity index (χ1v) is 5.32. The summed E-state index contributed by atoms with van der Waals surface area (Å²) >= 11 is 0. The standard InChI is InChI=1S/C12H9N5O/c13-12-14-6-8-10(17-12)15-9(16-11(8)18)7-4-2-1-3-5-7/h1-6H,(H3,13,14,15,16,17,18). The quantitative estimate of drug-likeness (QED) is 0.659. The van der Waals surface area contributed by atoms with Gasteiger partial charge in [-0.25, -0.2) is 9.97 Å². The summed E-state index contributed by atoms with van der Waals surface area (Å²) in [6.45, 7) is 0. The van der Waals surface area contributed by atoms with Crippen LogP contribution >= 0.6 is 0 Å². The van der Waals surface area contributed by atoms with Crippen LogP contribution in [0.3, 0.4) is 0 Å². The largest absolute Gasteiger partial charge is 0.368 e. The Labute approximate surface area is 102 Å². The van der Waals surface area contributed by atoms with Gasteiger partial charge in [-0.05, 0) is 0 Å². The average Bonchev–Trinajstić information content (AvgIpc) is 2.39. The lowest BCUT2D eigenvalue weighted by atomic mass is 10.2. The minimum absolute atomic E-state index is 0.0969. The van der Waals surface area contributed by atoms with Crippen molar-refractivity contribution in [1.82, 2.24) is 19.9 Å². The molecule has 0 fully saturated rings. The zero-order valence-corrected chi connectivity index (χ0v) is 9.29. The zero-order valence-electron chi connectivity index (χ0n) is 9.29. The number of benzene rings is 1. The smallest absolute Gasteiger partial charge is 0.262 e. The molecule has 0 bridgehead atoms. The second kappa shape index (κ2) is 3.92. The highest BCUT2D eigenvalue weighted by Gasteiger charge is 2.07. The second-order valence-electron chi connectivity index (χ2n) is 3.75. The fraction of sp³-hybridized carbons (Fsp3) is 0. The van der Waals surface area contributed by atoms with Gasteiger partial charge in [-0.2, -0.15) is 4.98 Å². The topological polar surface area (TPSA) is 97.5 Å². The first-order chi connectivity index (χ1) is 8.74. The summed E-state index contributed by atoms with van der Waals surface area (Å²) in [5.74, 6) is 0.561. The molecule has 3 rings (SSSR count). The van der Waals surface area contributed by atoms with Gasteiger partial charge in [-0.15, -0.1) is 0 Å². The van der Waals surface area contributed by atoms with E-state index in [1.54, 1.807) is 0 Å². The maximum absolute atomic E-state index is 11.9. The predicted octanol–water partition coefficient (Wildman–Crippen LogP) is 0.962. The molecule has 1 aromatic carbocycles. The molecule has 2 heterocycles. The van der Waals surface area contributed by atoms with Crippen molar-refractivity contribution in [2.75, 3.05) is 5.73 Å². The highest BCUT2D eigenvalue weighted by molar-refractivity contribution is 5.75. The van der Waals surface area contributed by atoms with E-state index in [1.807, 2.05) is 30.3 Å². The van der Waals surface area contributed by atoms with Gasteiger partial charge in [0, 0.05) is 11.8 Å². The van der Waals surface area contributed by atoms with Crippen LogP contribution in [0.25, 0.3) is 22.4 Å². The maximum atomic E-state index is 11.9. The van der Waals surface area contributed by atoms with Crippen LogP contribution in [0.15, 0.2) is 41.3 Å². The third-order valence-corrected chi connectivity index (χ3v) is 2.53. The van der Waals surface area contributed by atoms with E-state index in [0.29, 0.717) is 16.9 Å². The van der Waals surface area contributed by atoms with Crippen LogP contribution in [0.4, 0.5) is 5.95 Å². The van der Waals surface area contributed by atoms with E-state index in [-0.39, 0.29) is 11.5 Å². The van der Waals surface area contributed by atoms with Crippen LogP contribution in [-0.4, -0.2) is 19.9 Å². The van der Waals surface area contributed by atoms with Gasteiger partial charge in [-0.1, -0.05) is 30.3 Å². The summed E-state index contributed by atoms with van der Waals surface area (Å²) in [6, 6.07) is 9.34. The normalized spacial score (nSPS) is 10.7. The maximum Gasteiger partial charge on any atom is 0.262 e. The Hall–Kier alpha value is -2.76. The number of hydrogen-bond donors (Lipinski definition) is 2. The molecular formula is C12H9N5O. The summed E-state index contributed by atoms with van der Waals surface area (Å²) in [4.78, 5) is 26.6. The van der Waals surface area contributed by atoms with E-state index in [2.05, 4.69) is 19.9 Å². The van der Waals surface area contributed by atoms with Crippen molar-refractivity contribution >= 4 is 17.0 Å². The summed E-state index contributed by atoms with van der Waals surface area (Å²) in [7, 11) is 0. The number of rotatable bonds is 1. The number of aromatic nitrogens is 4. The first kappa shape index (κ1) is 10.4. The molecule has 0 saturated heterocycles. The minimum atomic E-state index is -0.279. The molecule has 0 unspecified atom stereocenters. The number of aromatic amines is 1. The molecule has 0 spiro atoms. The SMILES string of the molecule is Nc1ncc2c(=O)[nH]c(-c3ccccc3)nc2n1. The van der Waals surface area contributed by atoms with E-state index in [1.165, 1.54) is 6.20 Å². The Morgan fingerprint density at radius 3 is 2.67 bits per heavy atom. The Morgan fingerprint density at radius 2 is 1.89 bits per heavy atom. The number of nitrogens with one attached hydrogen (secondary N) is 1. The van der Waals surface area contributed by atoms with Crippen molar-refractivity contribution in [1.29, 1.82) is 0 Å². The van der Waals surface area contributed by atoms with Crippen molar-refractivity contribution in [2.45, 2.75) is 0 Å². The van der Waals surface area contributed by atoms with Gasteiger partial charge in [0.1, 0.15) is 11.2 Å². The molecular weight excluding hydrogens is 230 g/mol. The van der Waals surface area contributed by atoms with Crippen molar-refractivity contribution < 1.29 is 0 Å². The van der Waals surface area contributed by atoms with Gasteiger partial charge >= 0.3 is 0 Å². The monoisotopic (exact) mass is 239 g/mol. The molecule has 18 heavy (non-hydrogen) atoms. The number of fused-ring (bicyclic) bond motifs is 1. The predicted molar refractivity (Wildman–Crippen MR) is 67.8 cm³/mol. The van der Waals surface area contributed by atoms with E-state index >= 15 is 0 Å². The molecule has 0 atom stereocenters. The van der Waals surface area contributed by atoms with E-state index in [4.69, 9.17) is 5.73 Å². The van der Waals surface area contributed by atoms with Gasteiger partial charge < -0.3 is 10.7 Å². The van der Waals surface area contributed by atoms with Gasteiger partial charge in [0.2, 0.25) is 5.95 Å².